The number of nitrogens with one attached hydrogen (secondary N) is 1. The van der Waals surface area contributed by atoms with Gasteiger partial charge in [-0.15, -0.1) is 0 Å². The first-order valence-corrected chi connectivity index (χ1v) is 6.75. The highest BCUT2D eigenvalue weighted by atomic mass is 79.9. The van der Waals surface area contributed by atoms with Crippen LogP contribution < -0.4 is 5.32 Å². The number of halogens is 1. The standard InChI is InChI=1S/C15H16BrNO/c16-13-7-4-8-14(10-13)17-11-15(18)9-12-5-2-1-3-6-12/h1-8,10,15,17-18H,9,11H2/t15-/m0/s1. The number of aliphatic hydroxyl groups excluding tert-OH is 1. The first-order chi connectivity index (χ1) is 8.74. The normalized spacial score (nSPS) is 12.1. The zero-order valence-electron chi connectivity index (χ0n) is 10.0. The quantitative estimate of drug-likeness (QED) is 0.886. The summed E-state index contributed by atoms with van der Waals surface area (Å²) in [5, 5.41) is 13.2. The van der Waals surface area contributed by atoms with Crippen LogP contribution in [0.2, 0.25) is 0 Å². The zero-order chi connectivity index (χ0) is 12.8. The monoisotopic (exact) mass is 305 g/mol. The number of hydrogen-bond donors (Lipinski definition) is 2. The molecule has 0 aromatic heterocycles. The lowest BCUT2D eigenvalue weighted by Gasteiger charge is -2.13. The van der Waals surface area contributed by atoms with Gasteiger partial charge in [-0.25, -0.2) is 0 Å². The molecule has 0 amide bonds. The van der Waals surface area contributed by atoms with Gasteiger partial charge in [-0.2, -0.15) is 0 Å². The fourth-order valence-corrected chi connectivity index (χ4v) is 2.19. The minimum atomic E-state index is -0.383. The van der Waals surface area contributed by atoms with E-state index in [4.69, 9.17) is 0 Å². The van der Waals surface area contributed by atoms with E-state index >= 15 is 0 Å². The highest BCUT2D eigenvalue weighted by Gasteiger charge is 2.05. The second-order valence-corrected chi connectivity index (χ2v) is 5.15. The SMILES string of the molecule is O[C@H](CNc1cccc(Br)c1)Cc1ccccc1. The average Bonchev–Trinajstić information content (AvgIpc) is 2.38. The van der Waals surface area contributed by atoms with Crippen molar-refractivity contribution in [1.29, 1.82) is 0 Å². The van der Waals surface area contributed by atoms with Crippen molar-refractivity contribution in [2.45, 2.75) is 12.5 Å². The van der Waals surface area contributed by atoms with Gasteiger partial charge in [0.05, 0.1) is 6.10 Å². The van der Waals surface area contributed by atoms with E-state index < -0.39 is 0 Å². The Morgan fingerprint density at radius 3 is 2.56 bits per heavy atom. The van der Waals surface area contributed by atoms with Gasteiger partial charge in [-0.1, -0.05) is 52.3 Å². The summed E-state index contributed by atoms with van der Waals surface area (Å²) in [6, 6.07) is 17.9. The van der Waals surface area contributed by atoms with Gasteiger partial charge in [0.1, 0.15) is 0 Å². The number of hydrogen-bond acceptors (Lipinski definition) is 2. The number of aliphatic hydroxyl groups is 1. The third kappa shape index (κ3) is 4.17. The predicted octanol–water partition coefficient (Wildman–Crippen LogP) is 3.46. The summed E-state index contributed by atoms with van der Waals surface area (Å²) < 4.78 is 1.03. The summed E-state index contributed by atoms with van der Waals surface area (Å²) in [6.45, 7) is 0.547. The van der Waals surface area contributed by atoms with E-state index in [1.165, 1.54) is 0 Å². The van der Waals surface area contributed by atoms with Crippen LogP contribution in [0.1, 0.15) is 5.56 Å². The maximum Gasteiger partial charge on any atom is 0.0752 e. The fourth-order valence-electron chi connectivity index (χ4n) is 1.79. The van der Waals surface area contributed by atoms with Gasteiger partial charge in [0.25, 0.3) is 0 Å². The summed E-state index contributed by atoms with van der Waals surface area (Å²) in [7, 11) is 0. The summed E-state index contributed by atoms with van der Waals surface area (Å²) in [5.41, 5.74) is 2.16. The maximum absolute atomic E-state index is 9.96. The highest BCUT2D eigenvalue weighted by Crippen LogP contribution is 2.15. The second-order valence-electron chi connectivity index (χ2n) is 4.23. The Bertz CT molecular complexity index is 487. The zero-order valence-corrected chi connectivity index (χ0v) is 11.6. The van der Waals surface area contributed by atoms with Crippen LogP contribution in [0.5, 0.6) is 0 Å². The number of rotatable bonds is 5. The molecule has 3 heteroatoms. The predicted molar refractivity (Wildman–Crippen MR) is 78.8 cm³/mol. The van der Waals surface area contributed by atoms with E-state index in [0.29, 0.717) is 13.0 Å². The van der Waals surface area contributed by atoms with E-state index in [1.807, 2.05) is 54.6 Å². The van der Waals surface area contributed by atoms with Crippen LogP contribution in [0.15, 0.2) is 59.1 Å². The molecule has 94 valence electrons. The molecule has 2 nitrogen and oxygen atoms in total. The van der Waals surface area contributed by atoms with Gasteiger partial charge >= 0.3 is 0 Å². The molecule has 2 N–H and O–H groups in total. The van der Waals surface area contributed by atoms with Gasteiger partial charge in [0, 0.05) is 23.1 Å². The van der Waals surface area contributed by atoms with Gasteiger partial charge in [0.2, 0.25) is 0 Å². The second kappa shape index (κ2) is 6.57. The Hall–Kier alpha value is -1.32. The first kappa shape index (κ1) is 13.1. The molecular weight excluding hydrogens is 290 g/mol. The molecule has 0 spiro atoms. The fraction of sp³-hybridized carbons (Fsp3) is 0.200. The molecule has 0 unspecified atom stereocenters. The van der Waals surface area contributed by atoms with E-state index in [0.717, 1.165) is 15.7 Å². The van der Waals surface area contributed by atoms with E-state index in [9.17, 15) is 5.11 Å². The molecule has 0 aliphatic rings. The highest BCUT2D eigenvalue weighted by molar-refractivity contribution is 9.10. The first-order valence-electron chi connectivity index (χ1n) is 5.95. The van der Waals surface area contributed by atoms with Gasteiger partial charge in [-0.05, 0) is 23.8 Å². The third-order valence-electron chi connectivity index (χ3n) is 2.68. The lowest BCUT2D eigenvalue weighted by molar-refractivity contribution is 0.188. The Labute approximate surface area is 116 Å². The molecule has 18 heavy (non-hydrogen) atoms. The van der Waals surface area contributed by atoms with Crippen molar-refractivity contribution in [3.63, 3.8) is 0 Å². The van der Waals surface area contributed by atoms with Crippen molar-refractivity contribution in [1.82, 2.24) is 0 Å². The van der Waals surface area contributed by atoms with E-state index in [1.54, 1.807) is 0 Å². The van der Waals surface area contributed by atoms with E-state index in [2.05, 4.69) is 21.2 Å². The molecule has 1 atom stereocenters. The molecule has 0 heterocycles. The van der Waals surface area contributed by atoms with Crippen molar-refractivity contribution in [2.75, 3.05) is 11.9 Å². The third-order valence-corrected chi connectivity index (χ3v) is 3.17. The van der Waals surface area contributed by atoms with Crippen molar-refractivity contribution in [3.8, 4) is 0 Å². The topological polar surface area (TPSA) is 32.3 Å². The Balaban J connectivity index is 1.83. The summed E-state index contributed by atoms with van der Waals surface area (Å²) >= 11 is 3.42. The molecule has 0 saturated heterocycles. The van der Waals surface area contributed by atoms with Crippen LogP contribution in [0.4, 0.5) is 5.69 Å². The Kier molecular flexibility index (Phi) is 4.79. The van der Waals surface area contributed by atoms with Crippen molar-refractivity contribution < 1.29 is 5.11 Å². The molecule has 0 radical (unpaired) electrons. The van der Waals surface area contributed by atoms with Gasteiger partial charge < -0.3 is 10.4 Å². The lowest BCUT2D eigenvalue weighted by Crippen LogP contribution is -2.21. The van der Waals surface area contributed by atoms with Crippen LogP contribution in [-0.4, -0.2) is 17.8 Å². The summed E-state index contributed by atoms with van der Waals surface area (Å²) in [5.74, 6) is 0. The smallest absolute Gasteiger partial charge is 0.0752 e. The Morgan fingerprint density at radius 1 is 1.06 bits per heavy atom. The largest absolute Gasteiger partial charge is 0.391 e. The summed E-state index contributed by atoms with van der Waals surface area (Å²) in [4.78, 5) is 0. The van der Waals surface area contributed by atoms with Crippen LogP contribution in [0.3, 0.4) is 0 Å². The Morgan fingerprint density at radius 2 is 1.83 bits per heavy atom. The van der Waals surface area contributed by atoms with Crippen molar-refractivity contribution in [2.24, 2.45) is 0 Å². The van der Waals surface area contributed by atoms with Crippen LogP contribution in [0, 0.1) is 0 Å². The molecule has 0 aliphatic heterocycles. The van der Waals surface area contributed by atoms with Gasteiger partial charge in [0.15, 0.2) is 0 Å². The number of anilines is 1. The minimum absolute atomic E-state index is 0.383. The van der Waals surface area contributed by atoms with Crippen molar-refractivity contribution >= 4 is 21.6 Å². The molecule has 0 aliphatic carbocycles. The van der Waals surface area contributed by atoms with Crippen LogP contribution in [-0.2, 0) is 6.42 Å². The molecule has 2 aromatic rings. The van der Waals surface area contributed by atoms with Crippen LogP contribution >= 0.6 is 15.9 Å². The average molecular weight is 306 g/mol. The van der Waals surface area contributed by atoms with E-state index in [-0.39, 0.29) is 6.10 Å². The maximum atomic E-state index is 9.96. The summed E-state index contributed by atoms with van der Waals surface area (Å²) in [6.07, 6.45) is 0.286. The molecule has 0 saturated carbocycles. The van der Waals surface area contributed by atoms with Crippen LogP contribution in [0.25, 0.3) is 0 Å². The molecule has 0 bridgehead atoms. The molecule has 0 fully saturated rings. The molecular formula is C15H16BrNO. The minimum Gasteiger partial charge on any atom is -0.391 e. The van der Waals surface area contributed by atoms with Gasteiger partial charge in [-0.3, -0.25) is 0 Å². The molecule has 2 aromatic carbocycles. The number of benzene rings is 2. The molecule has 2 rings (SSSR count). The lowest BCUT2D eigenvalue weighted by atomic mass is 10.1. The van der Waals surface area contributed by atoms with Crippen molar-refractivity contribution in [3.05, 3.63) is 64.6 Å².